The van der Waals surface area contributed by atoms with E-state index in [0.717, 1.165) is 12.1 Å². The minimum atomic E-state index is -1.57. The van der Waals surface area contributed by atoms with E-state index in [1.807, 2.05) is 26.0 Å². The van der Waals surface area contributed by atoms with Crippen LogP contribution < -0.4 is 14.8 Å². The summed E-state index contributed by atoms with van der Waals surface area (Å²) in [7, 11) is 17.2. The van der Waals surface area contributed by atoms with Gasteiger partial charge in [0.25, 0.3) is 0 Å². The van der Waals surface area contributed by atoms with Crippen molar-refractivity contribution >= 4 is 23.5 Å². The van der Waals surface area contributed by atoms with Gasteiger partial charge in [-0.2, -0.15) is 0 Å². The largest absolute Gasteiger partial charge is 0.468 e. The Kier molecular flexibility index (Phi) is 3.41. The number of rotatable bonds is 4. The third-order valence-corrected chi connectivity index (χ3v) is 2.70. The molecule has 1 aliphatic rings. The third kappa shape index (κ3) is 3.05. The van der Waals surface area contributed by atoms with Crippen LogP contribution in [0.1, 0.15) is 19.4 Å². The molecule has 0 fully saturated rings. The zero-order valence-corrected chi connectivity index (χ0v) is 10.7. The van der Waals surface area contributed by atoms with Crippen LogP contribution in [0.15, 0.2) is 18.2 Å². The average Bonchev–Trinajstić information content (AvgIpc) is 2.50. The van der Waals surface area contributed by atoms with Gasteiger partial charge >= 0.3 is 0 Å². The number of fused-ring (bicyclic) bond motifs is 1. The van der Waals surface area contributed by atoms with E-state index in [1.165, 1.54) is 0 Å². The molecule has 1 unspecified atom stereocenters. The molecule has 0 saturated carbocycles. The van der Waals surface area contributed by atoms with Crippen LogP contribution in [0.5, 0.6) is 11.5 Å². The van der Waals surface area contributed by atoms with Gasteiger partial charge in [-0.3, -0.25) is 0 Å². The van der Waals surface area contributed by atoms with E-state index in [-0.39, 0.29) is 0 Å². The fraction of sp³-hybridized carbons (Fsp3) is 0.500. The first-order valence-corrected chi connectivity index (χ1v) is 5.94. The molecule has 1 N–H and O–H groups in total. The summed E-state index contributed by atoms with van der Waals surface area (Å²) >= 11 is 0. The zero-order valence-electron chi connectivity index (χ0n) is 10.7. The van der Waals surface area contributed by atoms with Gasteiger partial charge in [-0.1, -0.05) is 19.9 Å². The van der Waals surface area contributed by atoms with E-state index in [4.69, 9.17) is 33.0 Å². The van der Waals surface area contributed by atoms with Crippen molar-refractivity contribution in [3.05, 3.63) is 23.8 Å². The predicted molar refractivity (Wildman–Crippen MR) is 73.5 cm³/mol. The first kappa shape index (κ1) is 13.4. The molecule has 6 radical (unpaired) electrons. The highest BCUT2D eigenvalue weighted by Gasteiger charge is 2.30. The Labute approximate surface area is 112 Å². The molecule has 88 valence electrons. The van der Waals surface area contributed by atoms with E-state index in [2.05, 4.69) is 5.32 Å². The lowest BCUT2D eigenvalue weighted by Crippen LogP contribution is -2.44. The van der Waals surface area contributed by atoms with Crippen LogP contribution in [0.4, 0.5) is 0 Å². The summed E-state index contributed by atoms with van der Waals surface area (Å²) in [5.41, 5.74) is -1.01. The maximum absolute atomic E-state index is 6.13. The predicted octanol–water partition coefficient (Wildman–Crippen LogP) is 0.443. The Bertz CT molecular complexity index is 449. The summed E-state index contributed by atoms with van der Waals surface area (Å²) in [5.74, 6) is 1.09. The highest BCUT2D eigenvalue weighted by atomic mass is 16.7. The molecule has 2 rings (SSSR count). The molecule has 0 amide bonds. The highest BCUT2D eigenvalue weighted by molar-refractivity contribution is 6.38. The molecule has 1 aliphatic heterocycles. The fourth-order valence-corrected chi connectivity index (χ4v) is 2.08. The number of benzene rings is 1. The molecule has 6 heteroatoms. The standard InChI is InChI=1S/C12H14B3NO2/c1-3-16-11(2,13)7-8-4-5-9-10(6-8)18-12(14,15)17-9/h4-6,16H,3,7H2,1-2H3. The number of hydrogen-bond donors (Lipinski definition) is 1. The lowest BCUT2D eigenvalue weighted by atomic mass is 9.75. The van der Waals surface area contributed by atoms with Crippen LogP contribution >= 0.6 is 0 Å². The van der Waals surface area contributed by atoms with Crippen LogP contribution in [0, 0.1) is 0 Å². The number of ether oxygens (including phenoxy) is 2. The number of nitrogens with one attached hydrogen (secondary N) is 1. The van der Waals surface area contributed by atoms with Gasteiger partial charge in [0.15, 0.2) is 32.8 Å². The highest BCUT2D eigenvalue weighted by Crippen LogP contribution is 2.38. The summed E-state index contributed by atoms with van der Waals surface area (Å²) in [6.45, 7) is 4.77. The Morgan fingerprint density at radius 3 is 2.61 bits per heavy atom. The summed E-state index contributed by atoms with van der Waals surface area (Å²) < 4.78 is 10.5. The second kappa shape index (κ2) is 4.58. The number of hydrogen-bond acceptors (Lipinski definition) is 3. The van der Waals surface area contributed by atoms with Gasteiger partial charge in [-0.15, -0.1) is 0 Å². The Morgan fingerprint density at radius 1 is 1.28 bits per heavy atom. The van der Waals surface area contributed by atoms with Crippen LogP contribution in [0.2, 0.25) is 0 Å². The van der Waals surface area contributed by atoms with Gasteiger partial charge in [0.05, 0.1) is 7.85 Å². The summed E-state index contributed by atoms with van der Waals surface area (Å²) in [6, 6.07) is 5.56. The van der Waals surface area contributed by atoms with Crippen molar-refractivity contribution in [1.82, 2.24) is 5.32 Å². The molecule has 3 nitrogen and oxygen atoms in total. The minimum absolute atomic E-state index is 0.467. The second-order valence-electron chi connectivity index (χ2n) is 4.83. The Hall–Kier alpha value is -1.03. The smallest absolute Gasteiger partial charge is 0.175 e. The van der Waals surface area contributed by atoms with Crippen LogP contribution in [0.3, 0.4) is 0 Å². The van der Waals surface area contributed by atoms with Crippen molar-refractivity contribution in [2.75, 3.05) is 6.54 Å². The minimum Gasteiger partial charge on any atom is -0.468 e. The maximum Gasteiger partial charge on any atom is 0.175 e. The van der Waals surface area contributed by atoms with E-state index >= 15 is 0 Å². The quantitative estimate of drug-likeness (QED) is 0.770. The molecular weight excluding hydrogens is 223 g/mol. The summed E-state index contributed by atoms with van der Waals surface area (Å²) in [5, 5.41) is 3.21. The SMILES string of the molecule is [B]C(C)(Cc1ccc2c(c1)OC([B])([B])O2)NCC. The van der Waals surface area contributed by atoms with Crippen LogP contribution in [0.25, 0.3) is 0 Å². The van der Waals surface area contributed by atoms with Crippen molar-refractivity contribution in [3.63, 3.8) is 0 Å². The molecule has 1 aromatic rings. The van der Waals surface area contributed by atoms with Crippen LogP contribution in [-0.4, -0.2) is 41.1 Å². The van der Waals surface area contributed by atoms with Crippen molar-refractivity contribution < 1.29 is 9.47 Å². The maximum atomic E-state index is 6.13. The molecule has 18 heavy (non-hydrogen) atoms. The van der Waals surface area contributed by atoms with Gasteiger partial charge in [0.2, 0.25) is 0 Å². The molecule has 0 aromatic heterocycles. The van der Waals surface area contributed by atoms with E-state index in [0.29, 0.717) is 17.9 Å². The van der Waals surface area contributed by atoms with Crippen molar-refractivity contribution in [2.45, 2.75) is 31.3 Å². The molecule has 1 heterocycles. The first-order valence-electron chi connectivity index (χ1n) is 5.94. The molecule has 0 saturated heterocycles. The zero-order chi connectivity index (χ0) is 13.4. The molecular formula is C12H14B3NO2. The molecule has 1 aromatic carbocycles. The summed E-state index contributed by atoms with van der Waals surface area (Å²) in [6.07, 6.45) is 0.666. The second-order valence-corrected chi connectivity index (χ2v) is 4.83. The monoisotopic (exact) mass is 237 g/mol. The van der Waals surface area contributed by atoms with Crippen LogP contribution in [-0.2, 0) is 6.42 Å². The third-order valence-electron chi connectivity index (χ3n) is 2.70. The van der Waals surface area contributed by atoms with Gasteiger partial charge in [0.1, 0.15) is 0 Å². The fourth-order valence-electron chi connectivity index (χ4n) is 2.08. The molecule has 0 spiro atoms. The molecule has 0 bridgehead atoms. The van der Waals surface area contributed by atoms with E-state index < -0.39 is 11.0 Å². The lowest BCUT2D eigenvalue weighted by Gasteiger charge is -2.26. The normalized spacial score (nSPS) is 19.4. The molecule has 0 aliphatic carbocycles. The van der Waals surface area contributed by atoms with E-state index in [9.17, 15) is 0 Å². The Morgan fingerprint density at radius 2 is 1.94 bits per heavy atom. The van der Waals surface area contributed by atoms with Crippen molar-refractivity contribution in [2.24, 2.45) is 0 Å². The first-order chi connectivity index (χ1) is 8.31. The average molecular weight is 237 g/mol. The number of likely N-dealkylation sites (N-methyl/N-ethyl adjacent to an activating group) is 1. The van der Waals surface area contributed by atoms with Crippen molar-refractivity contribution in [3.8, 4) is 11.5 Å². The summed E-state index contributed by atoms with van der Waals surface area (Å²) in [4.78, 5) is 0. The van der Waals surface area contributed by atoms with Crippen molar-refractivity contribution in [1.29, 1.82) is 0 Å². The lowest BCUT2D eigenvalue weighted by molar-refractivity contribution is 0.0833. The van der Waals surface area contributed by atoms with Gasteiger partial charge in [-0.25, -0.2) is 0 Å². The molecule has 1 atom stereocenters. The van der Waals surface area contributed by atoms with Gasteiger partial charge in [0, 0.05) is 0 Å². The van der Waals surface area contributed by atoms with Gasteiger partial charge in [-0.05, 0) is 36.1 Å². The topological polar surface area (TPSA) is 30.5 Å². The van der Waals surface area contributed by atoms with E-state index in [1.54, 1.807) is 6.07 Å². The van der Waals surface area contributed by atoms with Gasteiger partial charge < -0.3 is 14.8 Å². The Balaban J connectivity index is 2.14.